The van der Waals surface area contributed by atoms with Crippen LogP contribution in [0.25, 0.3) is 0 Å². The van der Waals surface area contributed by atoms with Crippen LogP contribution in [-0.4, -0.2) is 37.7 Å². The van der Waals surface area contributed by atoms with Gasteiger partial charge in [-0.3, -0.25) is 4.79 Å². The van der Waals surface area contributed by atoms with Gasteiger partial charge in [-0.2, -0.15) is 0 Å². The summed E-state index contributed by atoms with van der Waals surface area (Å²) in [6.45, 7) is 6.00. The van der Waals surface area contributed by atoms with Crippen LogP contribution in [0, 0.1) is 5.92 Å². The van der Waals surface area contributed by atoms with Crippen molar-refractivity contribution in [1.82, 2.24) is 10.3 Å². The number of pyridine rings is 1. The number of amides is 1. The van der Waals surface area contributed by atoms with Crippen LogP contribution in [0.5, 0.6) is 0 Å². The largest absolute Gasteiger partial charge is 0.384 e. The molecule has 1 atom stereocenters. The minimum atomic E-state index is -0.155. The Bertz CT molecular complexity index is 382. The van der Waals surface area contributed by atoms with Gasteiger partial charge in [0.1, 0.15) is 11.5 Å². The molecule has 0 saturated carbocycles. The molecule has 0 fully saturated rings. The summed E-state index contributed by atoms with van der Waals surface area (Å²) in [4.78, 5) is 16.1. The zero-order chi connectivity index (χ0) is 13.4. The molecule has 1 amide bonds. The van der Waals surface area contributed by atoms with Crippen molar-refractivity contribution in [3.63, 3.8) is 0 Å². The molecule has 100 valence electrons. The summed E-state index contributed by atoms with van der Waals surface area (Å²) in [7, 11) is 1.65. The molecule has 2 N–H and O–H groups in total. The molecule has 0 aliphatic rings. The molecule has 0 radical (unpaired) electrons. The summed E-state index contributed by atoms with van der Waals surface area (Å²) in [5.74, 6) is 0.851. The number of hydrogen-bond donors (Lipinski definition) is 2. The standard InChI is InChI=1S/C13H21N3O2/c1-4-14-12-7-5-6-11(16-12)13(17)15-8-10(2)9-18-3/h5-7,10H,4,8-9H2,1-3H3,(H,14,16)(H,15,17). The molecule has 0 aliphatic carbocycles. The number of carbonyl (C=O) groups excluding carboxylic acids is 1. The highest BCUT2D eigenvalue weighted by Gasteiger charge is 2.09. The molecule has 1 aromatic heterocycles. The van der Waals surface area contributed by atoms with Gasteiger partial charge in [0.2, 0.25) is 0 Å². The number of anilines is 1. The fraction of sp³-hybridized carbons (Fsp3) is 0.538. The van der Waals surface area contributed by atoms with Crippen LogP contribution in [0.1, 0.15) is 24.3 Å². The number of nitrogens with zero attached hydrogens (tertiary/aromatic N) is 1. The zero-order valence-corrected chi connectivity index (χ0v) is 11.2. The number of hydrogen-bond acceptors (Lipinski definition) is 4. The van der Waals surface area contributed by atoms with Crippen molar-refractivity contribution < 1.29 is 9.53 Å². The van der Waals surface area contributed by atoms with Crippen molar-refractivity contribution in [1.29, 1.82) is 0 Å². The van der Waals surface area contributed by atoms with Crippen LogP contribution in [0.4, 0.5) is 5.82 Å². The maximum absolute atomic E-state index is 11.9. The van der Waals surface area contributed by atoms with Crippen LogP contribution in [0.2, 0.25) is 0 Å². The van der Waals surface area contributed by atoms with Crippen molar-refractivity contribution in [3.8, 4) is 0 Å². The van der Waals surface area contributed by atoms with Crippen LogP contribution < -0.4 is 10.6 Å². The number of aromatic nitrogens is 1. The van der Waals surface area contributed by atoms with Gasteiger partial charge in [0.05, 0.1) is 6.61 Å². The molecule has 1 rings (SSSR count). The number of methoxy groups -OCH3 is 1. The van der Waals surface area contributed by atoms with Crippen molar-refractivity contribution in [2.75, 3.05) is 32.1 Å². The van der Waals surface area contributed by atoms with E-state index in [1.807, 2.05) is 26.0 Å². The summed E-state index contributed by atoms with van der Waals surface area (Å²) in [6, 6.07) is 5.36. The first-order valence-corrected chi connectivity index (χ1v) is 6.15. The van der Waals surface area contributed by atoms with Gasteiger partial charge in [0.25, 0.3) is 5.91 Å². The number of nitrogens with one attached hydrogen (secondary N) is 2. The molecule has 1 heterocycles. The lowest BCUT2D eigenvalue weighted by Crippen LogP contribution is -2.30. The maximum Gasteiger partial charge on any atom is 0.269 e. The first-order valence-electron chi connectivity index (χ1n) is 6.15. The van der Waals surface area contributed by atoms with Crippen LogP contribution >= 0.6 is 0 Å². The Morgan fingerprint density at radius 1 is 1.50 bits per heavy atom. The lowest BCUT2D eigenvalue weighted by molar-refractivity contribution is 0.0929. The number of rotatable bonds is 7. The van der Waals surface area contributed by atoms with E-state index in [4.69, 9.17) is 4.74 Å². The lowest BCUT2D eigenvalue weighted by Gasteiger charge is -2.11. The predicted octanol–water partition coefficient (Wildman–Crippen LogP) is 1.53. The normalized spacial score (nSPS) is 11.9. The molecule has 18 heavy (non-hydrogen) atoms. The molecule has 0 aromatic carbocycles. The molecule has 1 unspecified atom stereocenters. The van der Waals surface area contributed by atoms with E-state index in [0.29, 0.717) is 18.8 Å². The molecule has 5 heteroatoms. The lowest BCUT2D eigenvalue weighted by atomic mass is 10.2. The summed E-state index contributed by atoms with van der Waals surface area (Å²) in [6.07, 6.45) is 0. The van der Waals surface area contributed by atoms with E-state index in [1.54, 1.807) is 13.2 Å². The summed E-state index contributed by atoms with van der Waals surface area (Å²) < 4.78 is 5.02. The molecule has 0 aliphatic heterocycles. The van der Waals surface area contributed by atoms with Crippen molar-refractivity contribution in [2.45, 2.75) is 13.8 Å². The van der Waals surface area contributed by atoms with Gasteiger partial charge in [-0.1, -0.05) is 13.0 Å². The van der Waals surface area contributed by atoms with E-state index in [2.05, 4.69) is 15.6 Å². The van der Waals surface area contributed by atoms with Gasteiger partial charge in [0.15, 0.2) is 0 Å². The third-order valence-corrected chi connectivity index (χ3v) is 2.40. The highest BCUT2D eigenvalue weighted by Crippen LogP contribution is 2.04. The van der Waals surface area contributed by atoms with E-state index in [-0.39, 0.29) is 11.8 Å². The van der Waals surface area contributed by atoms with Crippen LogP contribution in [-0.2, 0) is 4.74 Å². The van der Waals surface area contributed by atoms with Crippen molar-refractivity contribution in [2.24, 2.45) is 5.92 Å². The smallest absolute Gasteiger partial charge is 0.269 e. The van der Waals surface area contributed by atoms with E-state index < -0.39 is 0 Å². The third-order valence-electron chi connectivity index (χ3n) is 2.40. The second-order valence-electron chi connectivity index (χ2n) is 4.21. The highest BCUT2D eigenvalue weighted by atomic mass is 16.5. The molecule has 0 saturated heterocycles. The average molecular weight is 251 g/mol. The second kappa shape index (κ2) is 7.66. The first-order chi connectivity index (χ1) is 8.67. The Morgan fingerprint density at radius 3 is 2.94 bits per heavy atom. The van der Waals surface area contributed by atoms with E-state index in [9.17, 15) is 4.79 Å². The molecule has 0 bridgehead atoms. The second-order valence-corrected chi connectivity index (χ2v) is 4.21. The Labute approximate surface area is 108 Å². The Hall–Kier alpha value is -1.62. The average Bonchev–Trinajstić information content (AvgIpc) is 2.37. The zero-order valence-electron chi connectivity index (χ0n) is 11.2. The quantitative estimate of drug-likeness (QED) is 0.771. The van der Waals surface area contributed by atoms with Crippen molar-refractivity contribution in [3.05, 3.63) is 23.9 Å². The molecular weight excluding hydrogens is 230 g/mol. The van der Waals surface area contributed by atoms with Crippen molar-refractivity contribution >= 4 is 11.7 Å². The Balaban J connectivity index is 2.53. The van der Waals surface area contributed by atoms with Crippen LogP contribution in [0.15, 0.2) is 18.2 Å². The van der Waals surface area contributed by atoms with E-state index in [1.165, 1.54) is 0 Å². The fourth-order valence-corrected chi connectivity index (χ4v) is 1.54. The SMILES string of the molecule is CCNc1cccc(C(=O)NCC(C)COC)n1. The minimum Gasteiger partial charge on any atom is -0.384 e. The number of ether oxygens (including phenoxy) is 1. The molecule has 0 spiro atoms. The topological polar surface area (TPSA) is 63.2 Å². The van der Waals surface area contributed by atoms with E-state index in [0.717, 1.165) is 12.4 Å². The Kier molecular flexibility index (Phi) is 6.14. The first kappa shape index (κ1) is 14.4. The van der Waals surface area contributed by atoms with Gasteiger partial charge in [-0.15, -0.1) is 0 Å². The fourth-order valence-electron chi connectivity index (χ4n) is 1.54. The van der Waals surface area contributed by atoms with Gasteiger partial charge < -0.3 is 15.4 Å². The number of carbonyl (C=O) groups is 1. The van der Waals surface area contributed by atoms with Gasteiger partial charge in [-0.05, 0) is 25.0 Å². The third kappa shape index (κ3) is 4.71. The summed E-state index contributed by atoms with van der Waals surface area (Å²) in [5, 5.41) is 5.92. The van der Waals surface area contributed by atoms with Gasteiger partial charge in [0, 0.05) is 20.2 Å². The van der Waals surface area contributed by atoms with Gasteiger partial charge in [-0.25, -0.2) is 4.98 Å². The maximum atomic E-state index is 11.9. The summed E-state index contributed by atoms with van der Waals surface area (Å²) >= 11 is 0. The molecule has 1 aromatic rings. The van der Waals surface area contributed by atoms with Crippen LogP contribution in [0.3, 0.4) is 0 Å². The minimum absolute atomic E-state index is 0.155. The molecule has 5 nitrogen and oxygen atoms in total. The Morgan fingerprint density at radius 2 is 2.28 bits per heavy atom. The summed E-state index contributed by atoms with van der Waals surface area (Å²) in [5.41, 5.74) is 0.429. The highest BCUT2D eigenvalue weighted by molar-refractivity contribution is 5.92. The predicted molar refractivity (Wildman–Crippen MR) is 71.8 cm³/mol. The molecular formula is C13H21N3O2. The van der Waals surface area contributed by atoms with Gasteiger partial charge >= 0.3 is 0 Å². The van der Waals surface area contributed by atoms with E-state index >= 15 is 0 Å². The monoisotopic (exact) mass is 251 g/mol.